The molecule has 0 amide bonds. The van der Waals surface area contributed by atoms with Crippen molar-refractivity contribution in [3.05, 3.63) is 94.9 Å². The van der Waals surface area contributed by atoms with Crippen molar-refractivity contribution >= 4 is 35.8 Å². The molecule has 5 aliphatic rings. The van der Waals surface area contributed by atoms with E-state index in [-0.39, 0.29) is 36.8 Å². The molecule has 2 N–H and O–H groups in total. The number of carbonyl (C=O) groups excluding carboxylic acids is 6. The fraction of sp³-hybridized carbons (Fsp3) is 0.421. The van der Waals surface area contributed by atoms with Gasteiger partial charge in [-0.1, -0.05) is 50.3 Å². The molecule has 16 nitrogen and oxygen atoms in total. The molecule has 4 heterocycles. The molecule has 0 radical (unpaired) electrons. The molecule has 2 unspecified atom stereocenters. The highest BCUT2D eigenvalue weighted by atomic mass is 16.8. The lowest BCUT2D eigenvalue weighted by Crippen LogP contribution is -2.56. The van der Waals surface area contributed by atoms with Gasteiger partial charge in [-0.25, -0.2) is 28.8 Å². The van der Waals surface area contributed by atoms with Crippen LogP contribution in [0.4, 0.5) is 0 Å². The van der Waals surface area contributed by atoms with Crippen molar-refractivity contribution in [3.8, 4) is 0 Å². The maximum atomic E-state index is 12.8. The summed E-state index contributed by atoms with van der Waals surface area (Å²) < 4.78 is 43.2. The van der Waals surface area contributed by atoms with Crippen LogP contribution < -0.4 is 0 Å². The van der Waals surface area contributed by atoms with Gasteiger partial charge in [-0.2, -0.15) is 0 Å². The summed E-state index contributed by atoms with van der Waals surface area (Å²) in [4.78, 5) is 76.0. The topological polar surface area (TPSA) is 217 Å². The van der Waals surface area contributed by atoms with Crippen LogP contribution in [0, 0.1) is 0 Å². The van der Waals surface area contributed by atoms with Gasteiger partial charge in [0, 0.05) is 52.4 Å². The highest BCUT2D eigenvalue weighted by molar-refractivity contribution is 6.16. The Morgan fingerprint density at radius 2 is 0.815 bits per heavy atom. The van der Waals surface area contributed by atoms with E-state index in [0.29, 0.717) is 25.7 Å². The maximum absolute atomic E-state index is 12.8. The molecule has 1 saturated carbocycles. The minimum Gasteiger partial charge on any atom is -0.480 e. The first-order valence-electron chi connectivity index (χ1n) is 17.3. The zero-order chi connectivity index (χ0) is 39.3. The lowest BCUT2D eigenvalue weighted by Gasteiger charge is -2.45. The number of esters is 6. The third kappa shape index (κ3) is 8.59. The number of allylic oxidation sites excluding steroid dienone is 8. The van der Waals surface area contributed by atoms with Gasteiger partial charge in [0.1, 0.15) is 22.3 Å². The molecule has 0 aromatic carbocycles. The molecule has 54 heavy (non-hydrogen) atoms. The Bertz CT molecular complexity index is 1680. The average Bonchev–Trinajstić information content (AvgIpc) is 3.06. The molecular weight excluding hydrogens is 712 g/mol. The number of aliphatic hydroxyl groups excluding tert-OH is 2. The van der Waals surface area contributed by atoms with Crippen molar-refractivity contribution in [1.29, 1.82) is 0 Å². The van der Waals surface area contributed by atoms with Crippen LogP contribution in [0.5, 0.6) is 0 Å². The van der Waals surface area contributed by atoms with Crippen LogP contribution in [0.3, 0.4) is 0 Å². The molecule has 2 atom stereocenters. The predicted octanol–water partition coefficient (Wildman–Crippen LogP) is 4.95. The number of rotatable bonds is 10. The van der Waals surface area contributed by atoms with Crippen LogP contribution in [0.1, 0.15) is 79.1 Å². The van der Waals surface area contributed by atoms with Crippen LogP contribution in [-0.2, 0) is 66.7 Å². The monoisotopic (exact) mass is 752 g/mol. The zero-order valence-corrected chi connectivity index (χ0v) is 30.0. The van der Waals surface area contributed by atoms with Gasteiger partial charge in [0.2, 0.25) is 0 Å². The van der Waals surface area contributed by atoms with E-state index in [1.807, 2.05) is 13.8 Å². The lowest BCUT2D eigenvalue weighted by molar-refractivity contribution is -0.291. The van der Waals surface area contributed by atoms with Gasteiger partial charge in [-0.05, 0) is 37.1 Å². The molecule has 16 heteroatoms. The van der Waals surface area contributed by atoms with E-state index < -0.39 is 82.0 Å². The molecule has 5 rings (SSSR count). The van der Waals surface area contributed by atoms with E-state index in [0.717, 1.165) is 12.2 Å². The molecule has 0 aromatic heterocycles. The summed E-state index contributed by atoms with van der Waals surface area (Å²) in [5.74, 6) is -12.5. The third-order valence-corrected chi connectivity index (χ3v) is 8.82. The van der Waals surface area contributed by atoms with Crippen molar-refractivity contribution in [2.45, 2.75) is 102 Å². The molecular formula is C38H40O16. The van der Waals surface area contributed by atoms with Crippen molar-refractivity contribution in [1.82, 2.24) is 0 Å². The smallest absolute Gasteiger partial charge is 0.348 e. The van der Waals surface area contributed by atoms with Gasteiger partial charge < -0.3 is 48.1 Å². The SMILES string of the molecule is CCCC1(C)OC(=O)C(C=CC=CC=C2C(=O)OC3(CCC4(CC3)OC(=O)C(=CC=CC=CC3=C(O)OC(C)(CCC)OC3=O)C(=O)O4)OC2=O)=C(O)O1. The number of aliphatic hydroxyl groups is 2. The second-order valence-electron chi connectivity index (χ2n) is 13.2. The van der Waals surface area contributed by atoms with Gasteiger partial charge in [0.25, 0.3) is 35.0 Å². The Hall–Kier alpha value is -6.06. The molecule has 0 bridgehead atoms. The molecule has 2 spiro atoms. The molecule has 3 fully saturated rings. The van der Waals surface area contributed by atoms with E-state index >= 15 is 0 Å². The van der Waals surface area contributed by atoms with Crippen LogP contribution in [0.25, 0.3) is 0 Å². The highest BCUT2D eigenvalue weighted by Crippen LogP contribution is 2.45. The van der Waals surface area contributed by atoms with E-state index in [4.69, 9.17) is 37.9 Å². The first-order chi connectivity index (χ1) is 25.5. The first kappa shape index (κ1) is 39.2. The van der Waals surface area contributed by atoms with Crippen molar-refractivity contribution in [2.24, 2.45) is 0 Å². The zero-order valence-electron chi connectivity index (χ0n) is 30.0. The minimum atomic E-state index is -1.67. The summed E-state index contributed by atoms with van der Waals surface area (Å²) in [6.07, 6.45) is 14.4. The number of ether oxygens (including phenoxy) is 8. The largest absolute Gasteiger partial charge is 0.480 e. The molecule has 288 valence electrons. The van der Waals surface area contributed by atoms with Gasteiger partial charge >= 0.3 is 35.8 Å². The van der Waals surface area contributed by atoms with Crippen LogP contribution in [0.2, 0.25) is 0 Å². The summed E-state index contributed by atoms with van der Waals surface area (Å²) in [6, 6.07) is 0. The summed E-state index contributed by atoms with van der Waals surface area (Å²) in [5.41, 5.74) is -1.25. The number of cyclic esters (lactones) is 2. The number of hydrogen-bond donors (Lipinski definition) is 2. The maximum Gasteiger partial charge on any atom is 0.348 e. The molecule has 4 aliphatic heterocycles. The Balaban J connectivity index is 1.13. The van der Waals surface area contributed by atoms with Crippen molar-refractivity contribution in [2.75, 3.05) is 0 Å². The fourth-order valence-corrected chi connectivity index (χ4v) is 6.16. The van der Waals surface area contributed by atoms with Crippen molar-refractivity contribution in [3.63, 3.8) is 0 Å². The van der Waals surface area contributed by atoms with Crippen molar-refractivity contribution < 1.29 is 76.9 Å². The quantitative estimate of drug-likeness (QED) is 0.0992. The summed E-state index contributed by atoms with van der Waals surface area (Å²) >= 11 is 0. The normalized spacial score (nSPS) is 30.4. The highest BCUT2D eigenvalue weighted by Gasteiger charge is 2.56. The molecule has 0 aromatic rings. The van der Waals surface area contributed by atoms with E-state index in [1.54, 1.807) is 0 Å². The van der Waals surface area contributed by atoms with Crippen LogP contribution in [-0.4, -0.2) is 69.2 Å². The molecule has 1 aliphatic carbocycles. The number of hydrogen-bond acceptors (Lipinski definition) is 16. The van der Waals surface area contributed by atoms with Crippen LogP contribution >= 0.6 is 0 Å². The Morgan fingerprint density at radius 3 is 1.11 bits per heavy atom. The third-order valence-electron chi connectivity index (χ3n) is 8.82. The summed E-state index contributed by atoms with van der Waals surface area (Å²) in [6.45, 7) is 6.82. The van der Waals surface area contributed by atoms with E-state index in [1.165, 1.54) is 62.5 Å². The summed E-state index contributed by atoms with van der Waals surface area (Å²) in [5, 5.41) is 20.3. The average molecular weight is 753 g/mol. The second kappa shape index (κ2) is 15.5. The Kier molecular flexibility index (Phi) is 11.2. The summed E-state index contributed by atoms with van der Waals surface area (Å²) in [7, 11) is 0. The number of carbonyl (C=O) groups is 6. The Labute approximate surface area is 309 Å². The molecule has 2 saturated heterocycles. The fourth-order valence-electron chi connectivity index (χ4n) is 6.16. The van der Waals surface area contributed by atoms with Crippen LogP contribution in [0.15, 0.2) is 94.9 Å². The minimum absolute atomic E-state index is 0.138. The van der Waals surface area contributed by atoms with E-state index in [2.05, 4.69) is 0 Å². The standard InChI is InChI=1S/C38H40O16/c1-5-17-35(3)47-27(39)23(28(40)48-35)13-9-7-11-15-25-31(43)51-37(52-32(25)44)19-21-38(22-20-37)53-33(45)26(34(46)54-38)16-12-8-10-14-24-29(41)49-36(4,18-6-2)50-30(24)42/h7-16,39,41H,5-6,17-22H2,1-4H3. The van der Waals surface area contributed by atoms with Gasteiger partial charge in [-0.3, -0.25) is 0 Å². The van der Waals surface area contributed by atoms with Gasteiger partial charge in [0.15, 0.2) is 0 Å². The van der Waals surface area contributed by atoms with Gasteiger partial charge in [-0.15, -0.1) is 0 Å². The van der Waals surface area contributed by atoms with Gasteiger partial charge in [0.05, 0.1) is 0 Å². The Morgan fingerprint density at radius 1 is 0.481 bits per heavy atom. The predicted molar refractivity (Wildman–Crippen MR) is 181 cm³/mol. The van der Waals surface area contributed by atoms with E-state index in [9.17, 15) is 39.0 Å². The second-order valence-corrected chi connectivity index (χ2v) is 13.2. The lowest BCUT2D eigenvalue weighted by atomic mass is 9.87. The first-order valence-corrected chi connectivity index (χ1v) is 17.3.